The third-order valence-electron chi connectivity index (χ3n) is 6.76. The molecule has 0 aromatic carbocycles. The first kappa shape index (κ1) is 29.4. The van der Waals surface area contributed by atoms with E-state index in [1.807, 2.05) is 34.6 Å². The monoisotopic (exact) mass is 546 g/mol. The average Bonchev–Trinajstić information content (AvgIpc) is 3.41. The van der Waals surface area contributed by atoms with Crippen molar-refractivity contribution >= 4 is 29.2 Å². The zero-order valence-corrected chi connectivity index (χ0v) is 23.8. The first-order valence-corrected chi connectivity index (χ1v) is 13.5. The highest BCUT2D eigenvalue weighted by Gasteiger charge is 2.46. The number of ether oxygens (including phenoxy) is 1. The summed E-state index contributed by atoms with van der Waals surface area (Å²) in [4.78, 5) is 53.9. The number of nitrogens with one attached hydrogen (secondary N) is 1. The Hall–Kier alpha value is -3.12. The Kier molecular flexibility index (Phi) is 8.77. The molecule has 3 rings (SSSR count). The highest BCUT2D eigenvalue weighted by atomic mass is 32.1. The summed E-state index contributed by atoms with van der Waals surface area (Å²) in [7, 11) is 0. The van der Waals surface area contributed by atoms with E-state index in [-0.39, 0.29) is 31.2 Å². The third kappa shape index (κ3) is 7.04. The lowest BCUT2D eigenvalue weighted by Gasteiger charge is -2.38. The maximum Gasteiger partial charge on any atom is 0.405 e. The minimum absolute atomic E-state index is 0.0427. The number of hydrogen-bond acceptors (Lipinski definition) is 9. The van der Waals surface area contributed by atoms with E-state index in [1.165, 1.54) is 16.2 Å². The maximum atomic E-state index is 13.8. The van der Waals surface area contributed by atoms with Crippen LogP contribution in [0.2, 0.25) is 0 Å². The molecule has 11 nitrogen and oxygen atoms in total. The van der Waals surface area contributed by atoms with Crippen molar-refractivity contribution in [3.63, 3.8) is 0 Å². The maximum absolute atomic E-state index is 13.8. The fraction of sp³-hybridized carbons (Fsp3) is 0.615. The summed E-state index contributed by atoms with van der Waals surface area (Å²) in [6, 6.07) is -1.26. The predicted molar refractivity (Wildman–Crippen MR) is 143 cm³/mol. The molecule has 208 valence electrons. The minimum Gasteiger partial charge on any atom is -0.444 e. The summed E-state index contributed by atoms with van der Waals surface area (Å²) in [6.07, 6.45) is 1.91. The van der Waals surface area contributed by atoms with E-state index in [1.54, 1.807) is 31.8 Å². The van der Waals surface area contributed by atoms with Gasteiger partial charge in [0.1, 0.15) is 11.6 Å². The molecule has 38 heavy (non-hydrogen) atoms. The average molecular weight is 547 g/mol. The number of primary amides is 1. The standard InChI is InChI=1S/C26H38N6O5S/c1-14(16-10-28-21(29-11-16)20-15(2)30-13-38-20)31-22(34)19-8-17(33)12-32(19)23(35)18(25(3,4)5)9-26(6,7)37-24(27)36/h10-11,13-14,17-19,33H,8-9,12H2,1-7H3,(H2,27,36)(H,31,34)/t14?,17-,18?,19+/m1/s1. The number of nitrogens with two attached hydrogens (primary N) is 1. The predicted octanol–water partition coefficient (Wildman–Crippen LogP) is 2.97. The lowest BCUT2D eigenvalue weighted by molar-refractivity contribution is -0.147. The van der Waals surface area contributed by atoms with E-state index in [9.17, 15) is 19.5 Å². The van der Waals surface area contributed by atoms with Crippen LogP contribution in [0.15, 0.2) is 17.9 Å². The Labute approximate surface area is 227 Å². The molecule has 4 atom stereocenters. The van der Waals surface area contributed by atoms with Gasteiger partial charge in [-0.25, -0.2) is 19.7 Å². The van der Waals surface area contributed by atoms with Gasteiger partial charge in [0.05, 0.1) is 28.2 Å². The molecular formula is C26H38N6O5S. The van der Waals surface area contributed by atoms with E-state index in [2.05, 4.69) is 20.3 Å². The second-order valence-corrected chi connectivity index (χ2v) is 12.4. The molecule has 0 saturated carbocycles. The first-order valence-electron chi connectivity index (χ1n) is 12.6. The Morgan fingerprint density at radius 2 is 1.84 bits per heavy atom. The number of aliphatic hydroxyl groups excluding tert-OH is 1. The van der Waals surface area contributed by atoms with Gasteiger partial charge in [-0.2, -0.15) is 0 Å². The van der Waals surface area contributed by atoms with Crippen LogP contribution in [-0.2, 0) is 14.3 Å². The Balaban J connectivity index is 1.75. The number of amides is 3. The topological polar surface area (TPSA) is 161 Å². The number of likely N-dealkylation sites (tertiary alicyclic amines) is 1. The molecule has 0 radical (unpaired) electrons. The molecule has 1 saturated heterocycles. The third-order valence-corrected chi connectivity index (χ3v) is 7.68. The number of aliphatic hydroxyl groups is 1. The summed E-state index contributed by atoms with van der Waals surface area (Å²) in [5, 5.41) is 13.4. The molecule has 4 N–H and O–H groups in total. The van der Waals surface area contributed by atoms with Crippen LogP contribution >= 0.6 is 11.3 Å². The SMILES string of the molecule is Cc1ncsc1-c1ncc(C(C)NC(=O)[C@@H]2C[C@@H](O)CN2C(=O)C(CC(C)(C)OC(N)=O)C(C)(C)C)cn1. The Bertz CT molecular complexity index is 1160. The zero-order valence-electron chi connectivity index (χ0n) is 23.0. The van der Waals surface area contributed by atoms with Crippen molar-refractivity contribution in [3.8, 4) is 10.7 Å². The second kappa shape index (κ2) is 11.3. The number of carbonyl (C=O) groups excluding carboxylic acids is 3. The molecule has 0 aliphatic carbocycles. The number of aryl methyl sites for hydroxylation is 1. The van der Waals surface area contributed by atoms with Crippen molar-refractivity contribution in [1.29, 1.82) is 0 Å². The number of β-amino-alcohol motifs (C(OH)–C–C–N with tert-alkyl or cyclic N) is 1. The van der Waals surface area contributed by atoms with Gasteiger partial charge in [-0.1, -0.05) is 20.8 Å². The van der Waals surface area contributed by atoms with Gasteiger partial charge in [0, 0.05) is 36.8 Å². The highest BCUT2D eigenvalue weighted by molar-refractivity contribution is 7.13. The fourth-order valence-corrected chi connectivity index (χ4v) is 5.41. The molecule has 3 heterocycles. The Morgan fingerprint density at radius 3 is 2.37 bits per heavy atom. The molecule has 2 aromatic rings. The molecule has 2 aromatic heterocycles. The largest absolute Gasteiger partial charge is 0.444 e. The van der Waals surface area contributed by atoms with Crippen LogP contribution in [0, 0.1) is 18.3 Å². The van der Waals surface area contributed by atoms with Crippen molar-refractivity contribution < 1.29 is 24.2 Å². The molecule has 2 unspecified atom stereocenters. The van der Waals surface area contributed by atoms with Crippen molar-refractivity contribution in [2.75, 3.05) is 6.54 Å². The summed E-state index contributed by atoms with van der Waals surface area (Å²) in [6.45, 7) is 12.9. The molecule has 1 aliphatic rings. The Morgan fingerprint density at radius 1 is 1.21 bits per heavy atom. The lowest BCUT2D eigenvalue weighted by atomic mass is 9.74. The van der Waals surface area contributed by atoms with Crippen molar-refractivity contribution in [2.24, 2.45) is 17.1 Å². The lowest BCUT2D eigenvalue weighted by Crippen LogP contribution is -2.51. The molecule has 0 bridgehead atoms. The van der Waals surface area contributed by atoms with E-state index in [0.717, 1.165) is 10.6 Å². The van der Waals surface area contributed by atoms with Crippen LogP contribution in [0.25, 0.3) is 10.7 Å². The van der Waals surface area contributed by atoms with Crippen LogP contribution in [0.4, 0.5) is 4.79 Å². The van der Waals surface area contributed by atoms with Gasteiger partial charge in [-0.3, -0.25) is 9.59 Å². The normalized spacial score (nSPS) is 19.6. The quantitative estimate of drug-likeness (QED) is 0.455. The van der Waals surface area contributed by atoms with Gasteiger partial charge < -0.3 is 25.8 Å². The van der Waals surface area contributed by atoms with Gasteiger partial charge in [0.2, 0.25) is 11.8 Å². The van der Waals surface area contributed by atoms with Crippen molar-refractivity contribution in [2.45, 2.75) is 85.1 Å². The summed E-state index contributed by atoms with van der Waals surface area (Å²) in [5.74, 6) is -0.675. The highest BCUT2D eigenvalue weighted by Crippen LogP contribution is 2.37. The molecule has 1 aliphatic heterocycles. The van der Waals surface area contributed by atoms with Crippen molar-refractivity contribution in [1.82, 2.24) is 25.2 Å². The summed E-state index contributed by atoms with van der Waals surface area (Å²) in [5.41, 5.74) is 7.02. The van der Waals surface area contributed by atoms with Crippen LogP contribution in [0.3, 0.4) is 0 Å². The molecule has 12 heteroatoms. The summed E-state index contributed by atoms with van der Waals surface area (Å²) < 4.78 is 5.24. The van der Waals surface area contributed by atoms with Gasteiger partial charge in [-0.15, -0.1) is 11.3 Å². The van der Waals surface area contributed by atoms with Gasteiger partial charge >= 0.3 is 6.09 Å². The number of carbonyl (C=O) groups is 3. The molecule has 3 amide bonds. The number of nitrogens with zero attached hydrogens (tertiary/aromatic N) is 4. The fourth-order valence-electron chi connectivity index (χ4n) is 4.66. The minimum atomic E-state index is -0.992. The van der Waals surface area contributed by atoms with E-state index < -0.39 is 41.2 Å². The number of rotatable bonds is 8. The second-order valence-electron chi connectivity index (χ2n) is 11.5. The van der Waals surface area contributed by atoms with Crippen molar-refractivity contribution in [3.05, 3.63) is 29.2 Å². The first-order chi connectivity index (χ1) is 17.6. The molecule has 1 fully saturated rings. The van der Waals surface area contributed by atoms with Crippen LogP contribution < -0.4 is 11.1 Å². The van der Waals surface area contributed by atoms with Crippen LogP contribution in [0.5, 0.6) is 0 Å². The molecule has 0 spiro atoms. The van der Waals surface area contributed by atoms with Gasteiger partial charge in [0.25, 0.3) is 0 Å². The summed E-state index contributed by atoms with van der Waals surface area (Å²) >= 11 is 1.46. The van der Waals surface area contributed by atoms with Crippen LogP contribution in [0.1, 0.15) is 71.7 Å². The number of hydrogen-bond donors (Lipinski definition) is 3. The smallest absolute Gasteiger partial charge is 0.405 e. The van der Waals surface area contributed by atoms with E-state index in [4.69, 9.17) is 10.5 Å². The van der Waals surface area contributed by atoms with Gasteiger partial charge in [-0.05, 0) is 39.5 Å². The number of aromatic nitrogens is 3. The zero-order chi connectivity index (χ0) is 28.4. The number of thiazole rings is 1. The van der Waals surface area contributed by atoms with Crippen LogP contribution in [-0.4, -0.2) is 67.2 Å². The van der Waals surface area contributed by atoms with E-state index >= 15 is 0 Å². The molecular weight excluding hydrogens is 508 g/mol. The van der Waals surface area contributed by atoms with E-state index in [0.29, 0.717) is 11.4 Å². The van der Waals surface area contributed by atoms with Gasteiger partial charge in [0.15, 0.2) is 5.82 Å².